The molecule has 36 heavy (non-hydrogen) atoms. The molecule has 2 N–H and O–H groups in total. The van der Waals surface area contributed by atoms with Crippen molar-refractivity contribution in [1.29, 1.82) is 0 Å². The van der Waals surface area contributed by atoms with Crippen molar-refractivity contribution < 1.29 is 19.4 Å². The summed E-state index contributed by atoms with van der Waals surface area (Å²) in [4.78, 5) is 31.5. The molecule has 2 atom stereocenters. The third-order valence-corrected chi connectivity index (χ3v) is 6.60. The van der Waals surface area contributed by atoms with Gasteiger partial charge in [0.15, 0.2) is 0 Å². The molecule has 1 aromatic heterocycles. The van der Waals surface area contributed by atoms with Crippen LogP contribution in [0, 0.1) is 0 Å². The maximum absolute atomic E-state index is 13.1. The number of pyridine rings is 1. The van der Waals surface area contributed by atoms with Gasteiger partial charge in [0.1, 0.15) is 0 Å². The molecule has 1 aliphatic heterocycles. The summed E-state index contributed by atoms with van der Waals surface area (Å²) in [6.45, 7) is 4.36. The molecule has 0 saturated carbocycles. The molecule has 188 valence electrons. The average Bonchev–Trinajstić information content (AvgIpc) is 3.32. The monoisotopic (exact) mass is 487 g/mol. The minimum Gasteiger partial charge on any atom is -0.469 e. The largest absolute Gasteiger partial charge is 0.469 e. The van der Waals surface area contributed by atoms with Crippen LogP contribution in [0.1, 0.15) is 52.9 Å². The molecule has 0 bridgehead atoms. The van der Waals surface area contributed by atoms with Crippen LogP contribution in [-0.2, 0) is 22.5 Å². The van der Waals surface area contributed by atoms with Crippen molar-refractivity contribution in [2.24, 2.45) is 0 Å². The highest BCUT2D eigenvalue weighted by Crippen LogP contribution is 2.23. The smallest absolute Gasteiger partial charge is 0.305 e. The van der Waals surface area contributed by atoms with Crippen LogP contribution in [0.3, 0.4) is 0 Å². The molecule has 1 fully saturated rings. The van der Waals surface area contributed by atoms with Crippen LogP contribution in [0.4, 0.5) is 0 Å². The molecule has 1 amide bonds. The summed E-state index contributed by atoms with van der Waals surface area (Å²) in [7, 11) is 1.36. The number of carbonyl (C=O) groups is 2. The number of hydrogen-bond acceptors (Lipinski definition) is 6. The van der Waals surface area contributed by atoms with Crippen molar-refractivity contribution in [3.8, 4) is 11.3 Å². The quantitative estimate of drug-likeness (QED) is 0.445. The number of β-amino-alcohol motifs (C(OH)–C–C–N with tert-alkyl or cyclic N) is 1. The number of esters is 1. The van der Waals surface area contributed by atoms with E-state index in [9.17, 15) is 14.7 Å². The molecule has 0 unspecified atom stereocenters. The lowest BCUT2D eigenvalue weighted by Crippen LogP contribution is -2.27. The van der Waals surface area contributed by atoms with Gasteiger partial charge in [0, 0.05) is 43.4 Å². The van der Waals surface area contributed by atoms with Crippen LogP contribution in [0.5, 0.6) is 0 Å². The number of likely N-dealkylation sites (tertiary alicyclic amines) is 1. The summed E-state index contributed by atoms with van der Waals surface area (Å²) >= 11 is 0. The van der Waals surface area contributed by atoms with Gasteiger partial charge in [0.2, 0.25) is 0 Å². The second-order valence-electron chi connectivity index (χ2n) is 9.28. The fraction of sp³-hybridized carbons (Fsp3) is 0.345. The van der Waals surface area contributed by atoms with Gasteiger partial charge >= 0.3 is 5.97 Å². The molecule has 0 aliphatic carbocycles. The number of methoxy groups -OCH3 is 1. The summed E-state index contributed by atoms with van der Waals surface area (Å²) < 4.78 is 4.73. The molecule has 7 nitrogen and oxygen atoms in total. The Labute approximate surface area is 212 Å². The van der Waals surface area contributed by atoms with Gasteiger partial charge in [-0.2, -0.15) is 0 Å². The fourth-order valence-corrected chi connectivity index (χ4v) is 4.53. The van der Waals surface area contributed by atoms with Gasteiger partial charge < -0.3 is 15.2 Å². The number of aliphatic hydroxyl groups is 1. The Morgan fingerprint density at radius 2 is 2.00 bits per heavy atom. The standard InChI is InChI=1S/C29H33N3O4/c1-20(31-29(35)26-9-4-3-6-22(26)11-13-28(34)36-2)23-7-5-8-24(16-23)27-12-10-21(17-30-27)18-32-15-14-25(33)19-32/h3-10,12,16-17,20,25,33H,11,13-15,18-19H2,1-2H3,(H,31,35)/t20-,25+/m1/s1. The number of hydrogen-bond donors (Lipinski definition) is 2. The molecular formula is C29H33N3O4. The van der Waals surface area contributed by atoms with Crippen LogP contribution in [-0.4, -0.2) is 53.2 Å². The van der Waals surface area contributed by atoms with Gasteiger partial charge in [0.05, 0.1) is 24.9 Å². The van der Waals surface area contributed by atoms with Crippen molar-refractivity contribution in [1.82, 2.24) is 15.2 Å². The Balaban J connectivity index is 1.41. The van der Waals surface area contributed by atoms with Crippen molar-refractivity contribution in [3.63, 3.8) is 0 Å². The fourth-order valence-electron chi connectivity index (χ4n) is 4.53. The van der Waals surface area contributed by atoms with Crippen molar-refractivity contribution in [2.75, 3.05) is 20.2 Å². The zero-order valence-electron chi connectivity index (χ0n) is 20.8. The van der Waals surface area contributed by atoms with Gasteiger partial charge in [-0.3, -0.25) is 19.5 Å². The Morgan fingerprint density at radius 3 is 2.72 bits per heavy atom. The second-order valence-corrected chi connectivity index (χ2v) is 9.28. The zero-order valence-corrected chi connectivity index (χ0v) is 20.8. The highest BCUT2D eigenvalue weighted by Gasteiger charge is 2.20. The van der Waals surface area contributed by atoms with E-state index in [-0.39, 0.29) is 30.4 Å². The van der Waals surface area contributed by atoms with Gasteiger partial charge in [0.25, 0.3) is 5.91 Å². The molecule has 7 heteroatoms. The number of amides is 1. The van der Waals surface area contributed by atoms with Gasteiger partial charge in [-0.05, 0) is 54.7 Å². The highest BCUT2D eigenvalue weighted by atomic mass is 16.5. The lowest BCUT2D eigenvalue weighted by Gasteiger charge is -2.17. The maximum Gasteiger partial charge on any atom is 0.305 e. The van der Waals surface area contributed by atoms with E-state index >= 15 is 0 Å². The third-order valence-electron chi connectivity index (χ3n) is 6.60. The minimum absolute atomic E-state index is 0.178. The number of nitrogens with zero attached hydrogens (tertiary/aromatic N) is 2. The van der Waals surface area contributed by atoms with E-state index in [1.807, 2.05) is 61.7 Å². The normalized spacial score (nSPS) is 16.5. The Morgan fingerprint density at radius 1 is 1.17 bits per heavy atom. The molecule has 0 spiro atoms. The summed E-state index contributed by atoms with van der Waals surface area (Å²) in [5.74, 6) is -0.477. The van der Waals surface area contributed by atoms with Crippen LogP contribution in [0.2, 0.25) is 0 Å². The predicted octanol–water partition coefficient (Wildman–Crippen LogP) is 3.91. The van der Waals surface area contributed by atoms with Gasteiger partial charge in [-0.25, -0.2) is 0 Å². The topological polar surface area (TPSA) is 91.8 Å². The van der Waals surface area contributed by atoms with Crippen LogP contribution < -0.4 is 5.32 Å². The summed E-state index contributed by atoms with van der Waals surface area (Å²) in [6, 6.07) is 19.2. The van der Waals surface area contributed by atoms with Crippen LogP contribution >= 0.6 is 0 Å². The first-order valence-electron chi connectivity index (χ1n) is 12.3. The molecule has 3 aromatic rings. The maximum atomic E-state index is 13.1. The number of aryl methyl sites for hydroxylation is 1. The molecule has 2 heterocycles. The Hall–Kier alpha value is -3.55. The zero-order chi connectivity index (χ0) is 25.5. The number of ether oxygens (including phenoxy) is 1. The SMILES string of the molecule is COC(=O)CCc1ccccc1C(=O)N[C@H](C)c1cccc(-c2ccc(CN3CC[C@H](O)C3)cn2)c1. The number of benzene rings is 2. The highest BCUT2D eigenvalue weighted by molar-refractivity contribution is 5.96. The molecule has 1 saturated heterocycles. The molecule has 4 rings (SSSR count). The van der Waals surface area contributed by atoms with Crippen LogP contribution in [0.25, 0.3) is 11.3 Å². The predicted molar refractivity (Wildman–Crippen MR) is 138 cm³/mol. The third kappa shape index (κ3) is 6.56. The molecule has 0 radical (unpaired) electrons. The molecule has 2 aromatic carbocycles. The lowest BCUT2D eigenvalue weighted by atomic mass is 10.00. The van der Waals surface area contributed by atoms with E-state index in [4.69, 9.17) is 4.74 Å². The number of aliphatic hydroxyl groups excluding tert-OH is 1. The Kier molecular flexibility index (Phi) is 8.46. The van der Waals surface area contributed by atoms with Gasteiger partial charge in [-0.1, -0.05) is 42.5 Å². The minimum atomic E-state index is -0.299. The van der Waals surface area contributed by atoms with Crippen molar-refractivity contribution in [3.05, 3.63) is 89.1 Å². The number of aromatic nitrogens is 1. The molecular weight excluding hydrogens is 454 g/mol. The van der Waals surface area contributed by atoms with E-state index in [0.29, 0.717) is 18.5 Å². The first-order chi connectivity index (χ1) is 17.4. The second kappa shape index (κ2) is 11.9. The summed E-state index contributed by atoms with van der Waals surface area (Å²) in [5, 5.41) is 12.8. The average molecular weight is 488 g/mol. The first-order valence-corrected chi connectivity index (χ1v) is 12.3. The molecule has 1 aliphatic rings. The van der Waals surface area contributed by atoms with Crippen molar-refractivity contribution in [2.45, 2.75) is 44.9 Å². The van der Waals surface area contributed by atoms with E-state index in [0.717, 1.165) is 47.5 Å². The van der Waals surface area contributed by atoms with E-state index in [2.05, 4.69) is 21.3 Å². The Bertz CT molecular complexity index is 1200. The van der Waals surface area contributed by atoms with E-state index < -0.39 is 0 Å². The van der Waals surface area contributed by atoms with Gasteiger partial charge in [-0.15, -0.1) is 0 Å². The number of carbonyl (C=O) groups excluding carboxylic acids is 2. The summed E-state index contributed by atoms with van der Waals surface area (Å²) in [5.41, 5.74) is 5.32. The lowest BCUT2D eigenvalue weighted by molar-refractivity contribution is -0.140. The van der Waals surface area contributed by atoms with Crippen molar-refractivity contribution >= 4 is 11.9 Å². The van der Waals surface area contributed by atoms with Crippen LogP contribution in [0.15, 0.2) is 66.9 Å². The van der Waals surface area contributed by atoms with E-state index in [1.165, 1.54) is 7.11 Å². The van der Waals surface area contributed by atoms with E-state index in [1.54, 1.807) is 6.07 Å². The number of nitrogens with one attached hydrogen (secondary N) is 1. The number of rotatable bonds is 9. The first kappa shape index (κ1) is 25.5. The summed E-state index contributed by atoms with van der Waals surface area (Å²) in [6.07, 6.45) is 3.16.